The molecule has 0 unspecified atom stereocenters. The number of hydrogen-bond acceptors (Lipinski definition) is 5. The maximum absolute atomic E-state index is 12.6. The molecular formula is C22H21NO5. The molecule has 0 bridgehead atoms. The molecule has 3 aromatic carbocycles. The molecular weight excluding hydrogens is 358 g/mol. The van der Waals surface area contributed by atoms with E-state index in [-0.39, 0.29) is 13.9 Å². The number of rotatable bonds is 5. The Labute approximate surface area is 163 Å². The second-order valence-corrected chi connectivity index (χ2v) is 6.02. The van der Waals surface area contributed by atoms with E-state index in [0.717, 1.165) is 10.8 Å². The van der Waals surface area contributed by atoms with Crippen molar-refractivity contribution >= 4 is 34.3 Å². The minimum Gasteiger partial charge on any atom is -0.465 e. The highest BCUT2D eigenvalue weighted by Crippen LogP contribution is 2.20. The Balaban J connectivity index is 0.00000300. The first kappa shape index (κ1) is 19.1. The van der Waals surface area contributed by atoms with Crippen molar-refractivity contribution < 1.29 is 25.3 Å². The van der Waals surface area contributed by atoms with Crippen LogP contribution in [0.3, 0.4) is 0 Å². The van der Waals surface area contributed by atoms with Gasteiger partial charge in [-0.15, -0.1) is 0 Å². The highest BCUT2D eigenvalue weighted by molar-refractivity contribution is 6.07. The molecule has 0 aliphatic heterocycles. The Morgan fingerprint density at radius 3 is 2.18 bits per heavy atom. The second-order valence-electron chi connectivity index (χ2n) is 6.02. The summed E-state index contributed by atoms with van der Waals surface area (Å²) in [5.41, 5.74) is 1.77. The van der Waals surface area contributed by atoms with Crippen LogP contribution in [0.4, 0.5) is 5.69 Å². The van der Waals surface area contributed by atoms with Crippen molar-refractivity contribution in [2.45, 2.75) is 6.92 Å². The summed E-state index contributed by atoms with van der Waals surface area (Å²) in [4.78, 5) is 36.0. The fourth-order valence-electron chi connectivity index (χ4n) is 2.77. The second kappa shape index (κ2) is 8.35. The monoisotopic (exact) mass is 379 g/mol. The molecule has 1 amide bonds. The van der Waals surface area contributed by atoms with E-state index in [1.807, 2.05) is 0 Å². The van der Waals surface area contributed by atoms with Gasteiger partial charge in [-0.05, 0) is 60.2 Å². The summed E-state index contributed by atoms with van der Waals surface area (Å²) in [5.74, 6) is -1.16. The van der Waals surface area contributed by atoms with Crippen LogP contribution in [-0.2, 0) is 9.47 Å². The molecule has 144 valence electrons. The highest BCUT2D eigenvalue weighted by atomic mass is 16.5. The van der Waals surface area contributed by atoms with E-state index >= 15 is 0 Å². The van der Waals surface area contributed by atoms with Crippen LogP contribution in [0.5, 0.6) is 0 Å². The number of hydrogen-bond donors (Lipinski definition) is 1. The predicted molar refractivity (Wildman–Crippen MR) is 108 cm³/mol. The standard InChI is InChI=1S/C22H19NO5.H2/c1-3-28-22(26)17-5-4-6-19(13-17)23-20(24)16-9-7-15-12-18(21(25)27-2)10-8-14(15)11-16;/h4-13H,3H2,1-2H3,(H,23,24);1H. The molecule has 28 heavy (non-hydrogen) atoms. The van der Waals surface area contributed by atoms with Gasteiger partial charge < -0.3 is 14.8 Å². The van der Waals surface area contributed by atoms with Crippen molar-refractivity contribution in [3.05, 3.63) is 77.4 Å². The van der Waals surface area contributed by atoms with Crippen molar-refractivity contribution in [2.24, 2.45) is 0 Å². The Bertz CT molecular complexity index is 1060. The quantitative estimate of drug-likeness (QED) is 0.669. The summed E-state index contributed by atoms with van der Waals surface area (Å²) < 4.78 is 9.69. The minimum absolute atomic E-state index is 0. The topological polar surface area (TPSA) is 81.7 Å². The molecule has 0 fully saturated rings. The van der Waals surface area contributed by atoms with Crippen LogP contribution >= 0.6 is 0 Å². The first-order valence-corrected chi connectivity index (χ1v) is 8.72. The molecule has 3 rings (SSSR count). The Kier molecular flexibility index (Phi) is 5.69. The van der Waals surface area contributed by atoms with E-state index in [4.69, 9.17) is 9.47 Å². The number of benzene rings is 3. The van der Waals surface area contributed by atoms with E-state index in [2.05, 4.69) is 5.32 Å². The molecule has 0 aliphatic carbocycles. The summed E-state index contributed by atoms with van der Waals surface area (Å²) in [6.45, 7) is 2.02. The number of carbonyl (C=O) groups excluding carboxylic acids is 3. The minimum atomic E-state index is -0.439. The zero-order chi connectivity index (χ0) is 20.1. The molecule has 6 nitrogen and oxygen atoms in total. The average molecular weight is 379 g/mol. The molecule has 0 aliphatic rings. The molecule has 0 saturated heterocycles. The molecule has 1 N–H and O–H groups in total. The molecule has 0 saturated carbocycles. The van der Waals surface area contributed by atoms with Crippen LogP contribution in [0.1, 0.15) is 39.4 Å². The van der Waals surface area contributed by atoms with E-state index < -0.39 is 11.9 Å². The van der Waals surface area contributed by atoms with Gasteiger partial charge in [-0.2, -0.15) is 0 Å². The lowest BCUT2D eigenvalue weighted by atomic mass is 10.0. The van der Waals surface area contributed by atoms with Gasteiger partial charge in [0.2, 0.25) is 0 Å². The smallest absolute Gasteiger partial charge is 0.338 e. The number of methoxy groups -OCH3 is 1. The summed E-state index contributed by atoms with van der Waals surface area (Å²) in [6.07, 6.45) is 0. The van der Waals surface area contributed by atoms with Crippen LogP contribution in [-0.4, -0.2) is 31.6 Å². The number of ether oxygens (including phenoxy) is 2. The third-order valence-corrected chi connectivity index (χ3v) is 4.16. The van der Waals surface area contributed by atoms with E-state index in [0.29, 0.717) is 22.4 Å². The van der Waals surface area contributed by atoms with E-state index in [9.17, 15) is 14.4 Å². The summed E-state index contributed by atoms with van der Waals surface area (Å²) >= 11 is 0. The highest BCUT2D eigenvalue weighted by Gasteiger charge is 2.11. The van der Waals surface area contributed by atoms with Gasteiger partial charge in [0.15, 0.2) is 0 Å². The van der Waals surface area contributed by atoms with Gasteiger partial charge in [0.1, 0.15) is 0 Å². The van der Waals surface area contributed by atoms with Gasteiger partial charge in [-0.1, -0.05) is 18.2 Å². The first-order chi connectivity index (χ1) is 13.5. The molecule has 0 aromatic heterocycles. The third-order valence-electron chi connectivity index (χ3n) is 4.16. The summed E-state index contributed by atoms with van der Waals surface area (Å²) in [6, 6.07) is 16.9. The van der Waals surface area contributed by atoms with Gasteiger partial charge >= 0.3 is 11.9 Å². The van der Waals surface area contributed by atoms with Crippen LogP contribution < -0.4 is 5.32 Å². The van der Waals surface area contributed by atoms with Gasteiger partial charge in [0.25, 0.3) is 5.91 Å². The molecule has 3 aromatic rings. The molecule has 0 heterocycles. The lowest BCUT2D eigenvalue weighted by Gasteiger charge is -2.09. The Morgan fingerprint density at radius 2 is 1.50 bits per heavy atom. The first-order valence-electron chi connectivity index (χ1n) is 8.72. The van der Waals surface area contributed by atoms with Gasteiger partial charge in [-0.3, -0.25) is 4.79 Å². The lowest BCUT2D eigenvalue weighted by Crippen LogP contribution is -2.13. The van der Waals surface area contributed by atoms with Crippen molar-refractivity contribution in [2.75, 3.05) is 19.0 Å². The van der Waals surface area contributed by atoms with Gasteiger partial charge in [-0.25, -0.2) is 9.59 Å². The number of fused-ring (bicyclic) bond motifs is 1. The largest absolute Gasteiger partial charge is 0.465 e. The van der Waals surface area contributed by atoms with Crippen molar-refractivity contribution in [3.8, 4) is 0 Å². The molecule has 0 spiro atoms. The summed E-state index contributed by atoms with van der Waals surface area (Å²) in [5, 5.41) is 4.42. The van der Waals surface area contributed by atoms with Gasteiger partial charge in [0.05, 0.1) is 24.8 Å². The zero-order valence-electron chi connectivity index (χ0n) is 15.5. The number of esters is 2. The maximum atomic E-state index is 12.6. The zero-order valence-corrected chi connectivity index (χ0v) is 15.5. The van der Waals surface area contributed by atoms with Crippen molar-refractivity contribution in [3.63, 3.8) is 0 Å². The summed E-state index contributed by atoms with van der Waals surface area (Å²) in [7, 11) is 1.33. The molecule has 0 atom stereocenters. The average Bonchev–Trinajstić information content (AvgIpc) is 2.72. The fraction of sp³-hybridized carbons (Fsp3) is 0.136. The Hall–Kier alpha value is -3.67. The van der Waals surface area contributed by atoms with Crippen molar-refractivity contribution in [1.29, 1.82) is 0 Å². The van der Waals surface area contributed by atoms with Crippen LogP contribution in [0.2, 0.25) is 0 Å². The SMILES string of the molecule is CCOC(=O)c1cccc(NC(=O)c2ccc3cc(C(=O)OC)ccc3c2)c1.[HH]. The number of anilines is 1. The lowest BCUT2D eigenvalue weighted by molar-refractivity contribution is 0.0525. The number of nitrogens with one attached hydrogen (secondary N) is 1. The van der Waals surface area contributed by atoms with Gasteiger partial charge in [0, 0.05) is 12.7 Å². The molecule has 6 heteroatoms. The predicted octanol–water partition coefficient (Wildman–Crippen LogP) is 4.30. The normalized spacial score (nSPS) is 10.4. The van der Waals surface area contributed by atoms with Crippen LogP contribution in [0.25, 0.3) is 10.8 Å². The van der Waals surface area contributed by atoms with Crippen LogP contribution in [0.15, 0.2) is 60.7 Å². The Morgan fingerprint density at radius 1 is 0.857 bits per heavy atom. The van der Waals surface area contributed by atoms with Crippen LogP contribution in [0, 0.1) is 0 Å². The fourth-order valence-corrected chi connectivity index (χ4v) is 2.77. The third kappa shape index (κ3) is 4.17. The van der Waals surface area contributed by atoms with E-state index in [1.165, 1.54) is 7.11 Å². The number of carbonyl (C=O) groups is 3. The maximum Gasteiger partial charge on any atom is 0.338 e. The number of amides is 1. The molecule has 0 radical (unpaired) electrons. The van der Waals surface area contributed by atoms with Crippen molar-refractivity contribution in [1.82, 2.24) is 0 Å². The van der Waals surface area contributed by atoms with E-state index in [1.54, 1.807) is 67.6 Å².